The molecule has 3 nitrogen and oxygen atoms in total. The van der Waals surface area contributed by atoms with E-state index in [0.717, 1.165) is 10.9 Å². The van der Waals surface area contributed by atoms with E-state index in [0.29, 0.717) is 12.5 Å². The molecular weight excluding hydrogens is 164 g/mol. The van der Waals surface area contributed by atoms with Gasteiger partial charge in [0.15, 0.2) is 0 Å². The number of nitrogens with zero attached hydrogens (tertiary/aromatic N) is 1. The van der Waals surface area contributed by atoms with Crippen molar-refractivity contribution in [3.05, 3.63) is 23.8 Å². The summed E-state index contributed by atoms with van der Waals surface area (Å²) >= 11 is 0. The summed E-state index contributed by atoms with van der Waals surface area (Å²) in [6.07, 6.45) is 0. The molecule has 1 aromatic heterocycles. The maximum Gasteiger partial charge on any atom is 0.240 e. The van der Waals surface area contributed by atoms with E-state index in [9.17, 15) is 0 Å². The fourth-order valence-corrected chi connectivity index (χ4v) is 1.35. The molecule has 13 heavy (non-hydrogen) atoms. The number of aromatic amines is 1. The average molecular weight is 176 g/mol. The lowest BCUT2D eigenvalue weighted by Crippen LogP contribution is -1.91. The molecule has 1 heterocycles. The minimum Gasteiger partial charge on any atom is -0.476 e. The van der Waals surface area contributed by atoms with Crippen LogP contribution in [0.5, 0.6) is 5.88 Å². The van der Waals surface area contributed by atoms with E-state index < -0.39 is 0 Å². The third kappa shape index (κ3) is 1.37. The summed E-state index contributed by atoms with van der Waals surface area (Å²) in [6.45, 7) is 4.66. The highest BCUT2D eigenvalue weighted by atomic mass is 16.5. The third-order valence-electron chi connectivity index (χ3n) is 1.96. The predicted octanol–water partition coefficient (Wildman–Crippen LogP) is 2.27. The van der Waals surface area contributed by atoms with Crippen molar-refractivity contribution >= 4 is 10.9 Å². The summed E-state index contributed by atoms with van der Waals surface area (Å²) in [4.78, 5) is 0. The number of hydrogen-bond donors (Lipinski definition) is 1. The molecule has 3 heteroatoms. The summed E-state index contributed by atoms with van der Waals surface area (Å²) in [5, 5.41) is 8.06. The lowest BCUT2D eigenvalue weighted by molar-refractivity contribution is 0.330. The Bertz CT molecular complexity index is 420. The normalized spacial score (nSPS) is 10.6. The second-order valence-electron chi connectivity index (χ2n) is 3.01. The second kappa shape index (κ2) is 3.09. The van der Waals surface area contributed by atoms with E-state index in [1.165, 1.54) is 5.56 Å². The minimum atomic E-state index is 0.647. The Morgan fingerprint density at radius 1 is 1.46 bits per heavy atom. The molecule has 0 atom stereocenters. The van der Waals surface area contributed by atoms with Crippen LogP contribution in [0.2, 0.25) is 0 Å². The van der Waals surface area contributed by atoms with E-state index in [-0.39, 0.29) is 0 Å². The van der Waals surface area contributed by atoms with Crippen molar-refractivity contribution in [2.24, 2.45) is 0 Å². The number of aryl methyl sites for hydroxylation is 1. The van der Waals surface area contributed by atoms with Crippen molar-refractivity contribution in [2.45, 2.75) is 13.8 Å². The Hall–Kier alpha value is -1.51. The molecule has 0 amide bonds. The number of aromatic nitrogens is 2. The number of ether oxygens (including phenoxy) is 1. The van der Waals surface area contributed by atoms with Gasteiger partial charge in [-0.2, -0.15) is 0 Å². The zero-order valence-electron chi connectivity index (χ0n) is 7.79. The van der Waals surface area contributed by atoms with Crippen molar-refractivity contribution in [3.63, 3.8) is 0 Å². The fraction of sp³-hybridized carbons (Fsp3) is 0.300. The van der Waals surface area contributed by atoms with E-state index in [4.69, 9.17) is 4.74 Å². The molecule has 0 saturated carbocycles. The SMILES string of the molecule is CCOc1n[nH]c2ccc(C)cc12. The van der Waals surface area contributed by atoms with Gasteiger partial charge in [-0.05, 0) is 26.0 Å². The molecule has 1 N–H and O–H groups in total. The molecule has 2 aromatic rings. The van der Waals surface area contributed by atoms with E-state index >= 15 is 0 Å². The molecule has 0 spiro atoms. The van der Waals surface area contributed by atoms with Crippen LogP contribution in [-0.4, -0.2) is 16.8 Å². The summed E-state index contributed by atoms with van der Waals surface area (Å²) in [6, 6.07) is 6.14. The number of rotatable bonds is 2. The van der Waals surface area contributed by atoms with E-state index in [1.807, 2.05) is 13.0 Å². The lowest BCUT2D eigenvalue weighted by Gasteiger charge is -1.97. The predicted molar refractivity (Wildman–Crippen MR) is 52.0 cm³/mol. The van der Waals surface area contributed by atoms with Gasteiger partial charge < -0.3 is 4.74 Å². The van der Waals surface area contributed by atoms with Gasteiger partial charge in [0.25, 0.3) is 0 Å². The van der Waals surface area contributed by atoms with Crippen LogP contribution < -0.4 is 4.74 Å². The molecule has 0 radical (unpaired) electrons. The van der Waals surface area contributed by atoms with Crippen LogP contribution in [0.4, 0.5) is 0 Å². The molecule has 0 aliphatic heterocycles. The zero-order chi connectivity index (χ0) is 9.26. The van der Waals surface area contributed by atoms with Gasteiger partial charge in [-0.15, -0.1) is 5.10 Å². The Balaban J connectivity index is 2.58. The first-order valence-electron chi connectivity index (χ1n) is 4.39. The van der Waals surface area contributed by atoms with Gasteiger partial charge in [0.2, 0.25) is 5.88 Å². The van der Waals surface area contributed by atoms with Crippen molar-refractivity contribution in [1.82, 2.24) is 10.2 Å². The van der Waals surface area contributed by atoms with Gasteiger partial charge in [-0.3, -0.25) is 5.10 Å². The van der Waals surface area contributed by atoms with Gasteiger partial charge in [-0.25, -0.2) is 0 Å². The molecule has 0 saturated heterocycles. The van der Waals surface area contributed by atoms with Crippen LogP contribution in [0.25, 0.3) is 10.9 Å². The highest BCUT2D eigenvalue weighted by molar-refractivity contribution is 5.84. The highest BCUT2D eigenvalue weighted by Gasteiger charge is 2.04. The van der Waals surface area contributed by atoms with Crippen molar-refractivity contribution in [3.8, 4) is 5.88 Å². The number of nitrogens with one attached hydrogen (secondary N) is 1. The van der Waals surface area contributed by atoms with Crippen molar-refractivity contribution < 1.29 is 4.74 Å². The standard InChI is InChI=1S/C10H12N2O/c1-3-13-10-8-6-7(2)4-5-9(8)11-12-10/h4-6H,3H2,1-2H3,(H,11,12). The molecule has 0 unspecified atom stereocenters. The Morgan fingerprint density at radius 3 is 3.08 bits per heavy atom. The summed E-state index contributed by atoms with van der Waals surface area (Å²) < 4.78 is 5.37. The van der Waals surface area contributed by atoms with Gasteiger partial charge in [-0.1, -0.05) is 11.6 Å². The van der Waals surface area contributed by atoms with Crippen LogP contribution in [0.15, 0.2) is 18.2 Å². The first kappa shape index (κ1) is 8.10. The van der Waals surface area contributed by atoms with Gasteiger partial charge in [0.05, 0.1) is 17.5 Å². The van der Waals surface area contributed by atoms with Gasteiger partial charge in [0.1, 0.15) is 0 Å². The molecule has 0 bridgehead atoms. The van der Waals surface area contributed by atoms with Crippen molar-refractivity contribution in [2.75, 3.05) is 6.61 Å². The zero-order valence-corrected chi connectivity index (χ0v) is 7.79. The maximum absolute atomic E-state index is 5.37. The maximum atomic E-state index is 5.37. The average Bonchev–Trinajstić information content (AvgIpc) is 2.49. The van der Waals surface area contributed by atoms with Crippen LogP contribution in [0.3, 0.4) is 0 Å². The van der Waals surface area contributed by atoms with Crippen LogP contribution in [0, 0.1) is 6.92 Å². The quantitative estimate of drug-likeness (QED) is 0.762. The molecule has 0 fully saturated rings. The Morgan fingerprint density at radius 2 is 2.31 bits per heavy atom. The Labute approximate surface area is 76.7 Å². The molecule has 0 aliphatic carbocycles. The fourth-order valence-electron chi connectivity index (χ4n) is 1.35. The highest BCUT2D eigenvalue weighted by Crippen LogP contribution is 2.23. The largest absolute Gasteiger partial charge is 0.476 e. The summed E-state index contributed by atoms with van der Waals surface area (Å²) in [7, 11) is 0. The number of fused-ring (bicyclic) bond motifs is 1. The topological polar surface area (TPSA) is 37.9 Å². The van der Waals surface area contributed by atoms with Crippen LogP contribution in [-0.2, 0) is 0 Å². The van der Waals surface area contributed by atoms with Gasteiger partial charge >= 0.3 is 0 Å². The molecular formula is C10H12N2O. The minimum absolute atomic E-state index is 0.647. The first-order chi connectivity index (χ1) is 6.31. The number of benzene rings is 1. The Kier molecular flexibility index (Phi) is 1.93. The van der Waals surface area contributed by atoms with Crippen molar-refractivity contribution in [1.29, 1.82) is 0 Å². The van der Waals surface area contributed by atoms with E-state index in [2.05, 4.69) is 29.3 Å². The first-order valence-corrected chi connectivity index (χ1v) is 4.39. The molecule has 2 rings (SSSR count). The number of hydrogen-bond acceptors (Lipinski definition) is 2. The molecule has 0 aliphatic rings. The summed E-state index contributed by atoms with van der Waals surface area (Å²) in [5.41, 5.74) is 2.24. The summed E-state index contributed by atoms with van der Waals surface area (Å²) in [5.74, 6) is 0.696. The molecule has 68 valence electrons. The second-order valence-corrected chi connectivity index (χ2v) is 3.01. The third-order valence-corrected chi connectivity index (χ3v) is 1.96. The van der Waals surface area contributed by atoms with Crippen LogP contribution in [0.1, 0.15) is 12.5 Å². The monoisotopic (exact) mass is 176 g/mol. The number of H-pyrrole nitrogens is 1. The van der Waals surface area contributed by atoms with Crippen LogP contribution >= 0.6 is 0 Å². The lowest BCUT2D eigenvalue weighted by atomic mass is 10.2. The van der Waals surface area contributed by atoms with E-state index in [1.54, 1.807) is 0 Å². The smallest absolute Gasteiger partial charge is 0.240 e. The molecule has 1 aromatic carbocycles. The van der Waals surface area contributed by atoms with Gasteiger partial charge in [0, 0.05) is 0 Å².